The zero-order valence-corrected chi connectivity index (χ0v) is 16.2. The van der Waals surface area contributed by atoms with E-state index in [1.54, 1.807) is 14.2 Å². The molecule has 28 heavy (non-hydrogen) atoms. The zero-order chi connectivity index (χ0) is 19.3. The van der Waals surface area contributed by atoms with Crippen LogP contribution >= 0.6 is 0 Å². The highest BCUT2D eigenvalue weighted by Crippen LogP contribution is 2.32. The predicted octanol–water partition coefficient (Wildman–Crippen LogP) is 4.50. The van der Waals surface area contributed by atoms with Gasteiger partial charge in [0.1, 0.15) is 17.3 Å². The lowest BCUT2D eigenvalue weighted by atomic mass is 10.1. The van der Waals surface area contributed by atoms with Crippen LogP contribution in [0.1, 0.15) is 12.8 Å². The second-order valence-electron chi connectivity index (χ2n) is 6.69. The van der Waals surface area contributed by atoms with E-state index < -0.39 is 0 Å². The van der Waals surface area contributed by atoms with Crippen molar-refractivity contribution in [3.05, 3.63) is 54.6 Å². The van der Waals surface area contributed by atoms with Gasteiger partial charge in [-0.1, -0.05) is 30.3 Å². The van der Waals surface area contributed by atoms with Crippen LogP contribution in [0.15, 0.2) is 54.6 Å². The van der Waals surface area contributed by atoms with E-state index in [9.17, 15) is 0 Å². The number of rotatable bonds is 6. The van der Waals surface area contributed by atoms with Crippen LogP contribution in [0.5, 0.6) is 11.5 Å². The predicted molar refractivity (Wildman–Crippen MR) is 112 cm³/mol. The molecule has 1 fully saturated rings. The van der Waals surface area contributed by atoms with Crippen LogP contribution in [0.25, 0.3) is 11.3 Å². The molecule has 0 spiro atoms. The lowest BCUT2D eigenvalue weighted by molar-refractivity contribution is 0.405. The fourth-order valence-electron chi connectivity index (χ4n) is 3.39. The van der Waals surface area contributed by atoms with Crippen LogP contribution in [0, 0.1) is 0 Å². The van der Waals surface area contributed by atoms with Crippen LogP contribution in [0.2, 0.25) is 0 Å². The van der Waals surface area contributed by atoms with E-state index >= 15 is 0 Å². The van der Waals surface area contributed by atoms with Gasteiger partial charge in [0.15, 0.2) is 0 Å². The number of hydrogen-bond donors (Lipinski definition) is 1. The van der Waals surface area contributed by atoms with Crippen molar-refractivity contribution in [2.45, 2.75) is 12.8 Å². The summed E-state index contributed by atoms with van der Waals surface area (Å²) in [5.74, 6) is 2.92. The number of anilines is 3. The molecular formula is C22H24N4O2. The molecule has 1 aliphatic heterocycles. The summed E-state index contributed by atoms with van der Waals surface area (Å²) in [6.45, 7) is 2.04. The van der Waals surface area contributed by atoms with Crippen LogP contribution in [0.4, 0.5) is 17.5 Å². The highest BCUT2D eigenvalue weighted by atomic mass is 16.5. The summed E-state index contributed by atoms with van der Waals surface area (Å²) in [4.78, 5) is 11.8. The Hall–Kier alpha value is -3.28. The first kappa shape index (κ1) is 18.1. The standard InChI is InChI=1S/C22H24N4O2/c1-27-17-10-11-20(28-2)19(14-17)24-22-23-18(16-8-4-3-5-9-16)15-21(25-22)26-12-6-7-13-26/h3-5,8-11,14-15H,6-7,12-13H2,1-2H3,(H,23,24,25). The first-order chi connectivity index (χ1) is 13.8. The van der Waals surface area contributed by atoms with Crippen LogP contribution in [-0.4, -0.2) is 37.3 Å². The van der Waals surface area contributed by atoms with Gasteiger partial charge in [-0.05, 0) is 25.0 Å². The Morgan fingerprint density at radius 3 is 2.39 bits per heavy atom. The molecule has 1 aliphatic rings. The van der Waals surface area contributed by atoms with E-state index in [-0.39, 0.29) is 0 Å². The average molecular weight is 376 g/mol. The molecule has 6 nitrogen and oxygen atoms in total. The summed E-state index contributed by atoms with van der Waals surface area (Å²) in [6, 6.07) is 17.8. The maximum Gasteiger partial charge on any atom is 0.229 e. The molecule has 0 bridgehead atoms. The normalized spacial score (nSPS) is 13.4. The Balaban J connectivity index is 1.75. The number of nitrogens with one attached hydrogen (secondary N) is 1. The molecule has 0 unspecified atom stereocenters. The topological polar surface area (TPSA) is 59.5 Å². The van der Waals surface area contributed by atoms with E-state index in [1.165, 1.54) is 12.8 Å². The fourth-order valence-corrected chi connectivity index (χ4v) is 3.39. The third-order valence-electron chi connectivity index (χ3n) is 4.87. The SMILES string of the molecule is COc1ccc(OC)c(Nc2nc(-c3ccccc3)cc(N3CCCC3)n2)c1. The molecule has 1 saturated heterocycles. The monoisotopic (exact) mass is 376 g/mol. The molecule has 6 heteroatoms. The van der Waals surface area contributed by atoms with Gasteiger partial charge in [0, 0.05) is 30.8 Å². The number of methoxy groups -OCH3 is 2. The summed E-state index contributed by atoms with van der Waals surface area (Å²) < 4.78 is 10.8. The molecule has 0 atom stereocenters. The molecule has 3 aromatic rings. The van der Waals surface area contributed by atoms with Crippen molar-refractivity contribution < 1.29 is 9.47 Å². The third kappa shape index (κ3) is 3.86. The first-order valence-corrected chi connectivity index (χ1v) is 9.45. The quantitative estimate of drug-likeness (QED) is 0.683. The van der Waals surface area contributed by atoms with Crippen molar-refractivity contribution in [2.75, 3.05) is 37.5 Å². The fraction of sp³-hybridized carbons (Fsp3) is 0.273. The molecule has 1 N–H and O–H groups in total. The van der Waals surface area contributed by atoms with Gasteiger partial charge in [0.2, 0.25) is 5.95 Å². The van der Waals surface area contributed by atoms with E-state index in [0.717, 1.165) is 41.6 Å². The van der Waals surface area contributed by atoms with Gasteiger partial charge < -0.3 is 19.7 Å². The Bertz CT molecular complexity index is 941. The van der Waals surface area contributed by atoms with Gasteiger partial charge >= 0.3 is 0 Å². The van der Waals surface area contributed by atoms with Crippen molar-refractivity contribution in [1.29, 1.82) is 0 Å². The summed E-state index contributed by atoms with van der Waals surface area (Å²) in [5.41, 5.74) is 2.72. The van der Waals surface area contributed by atoms with E-state index in [1.807, 2.05) is 36.4 Å². The lowest BCUT2D eigenvalue weighted by Crippen LogP contribution is -2.19. The number of ether oxygens (including phenoxy) is 2. The minimum absolute atomic E-state index is 0.537. The van der Waals surface area contributed by atoms with Gasteiger partial charge in [-0.3, -0.25) is 0 Å². The Labute approximate surface area is 165 Å². The third-order valence-corrected chi connectivity index (χ3v) is 4.87. The second-order valence-corrected chi connectivity index (χ2v) is 6.69. The molecular weight excluding hydrogens is 352 g/mol. The van der Waals surface area contributed by atoms with Crippen molar-refractivity contribution in [3.63, 3.8) is 0 Å². The Kier molecular flexibility index (Phi) is 5.28. The van der Waals surface area contributed by atoms with Gasteiger partial charge in [-0.15, -0.1) is 0 Å². The number of aromatic nitrogens is 2. The van der Waals surface area contributed by atoms with Crippen LogP contribution in [0.3, 0.4) is 0 Å². The molecule has 0 radical (unpaired) electrons. The van der Waals surface area contributed by atoms with Crippen molar-refractivity contribution in [1.82, 2.24) is 9.97 Å². The second kappa shape index (κ2) is 8.17. The zero-order valence-electron chi connectivity index (χ0n) is 16.2. The summed E-state index contributed by atoms with van der Waals surface area (Å²) in [7, 11) is 3.29. The average Bonchev–Trinajstić information content (AvgIpc) is 3.29. The molecule has 0 amide bonds. The summed E-state index contributed by atoms with van der Waals surface area (Å²) in [6.07, 6.45) is 2.38. The molecule has 2 heterocycles. The van der Waals surface area contributed by atoms with Crippen molar-refractivity contribution in [3.8, 4) is 22.8 Å². The van der Waals surface area contributed by atoms with Crippen molar-refractivity contribution >= 4 is 17.5 Å². The van der Waals surface area contributed by atoms with Crippen molar-refractivity contribution in [2.24, 2.45) is 0 Å². The van der Waals surface area contributed by atoms with Gasteiger partial charge in [-0.2, -0.15) is 4.98 Å². The molecule has 2 aromatic carbocycles. The lowest BCUT2D eigenvalue weighted by Gasteiger charge is -2.19. The van der Waals surface area contributed by atoms with Gasteiger partial charge in [0.25, 0.3) is 0 Å². The number of benzene rings is 2. The maximum atomic E-state index is 5.48. The van der Waals surface area contributed by atoms with Crippen LogP contribution < -0.4 is 19.7 Å². The summed E-state index contributed by atoms with van der Waals surface area (Å²) >= 11 is 0. The molecule has 1 aromatic heterocycles. The first-order valence-electron chi connectivity index (χ1n) is 9.45. The molecule has 144 valence electrons. The highest BCUT2D eigenvalue weighted by molar-refractivity contribution is 5.69. The Morgan fingerprint density at radius 2 is 1.68 bits per heavy atom. The van der Waals surface area contributed by atoms with E-state index in [0.29, 0.717) is 11.7 Å². The van der Waals surface area contributed by atoms with Gasteiger partial charge in [-0.25, -0.2) is 4.98 Å². The molecule has 0 saturated carbocycles. The Morgan fingerprint density at radius 1 is 0.893 bits per heavy atom. The minimum Gasteiger partial charge on any atom is -0.497 e. The smallest absolute Gasteiger partial charge is 0.229 e. The number of hydrogen-bond acceptors (Lipinski definition) is 6. The minimum atomic E-state index is 0.537. The van der Waals surface area contributed by atoms with Crippen LogP contribution in [-0.2, 0) is 0 Å². The maximum absolute atomic E-state index is 5.48. The summed E-state index contributed by atoms with van der Waals surface area (Å²) in [5, 5.41) is 3.32. The number of nitrogens with zero attached hydrogens (tertiary/aromatic N) is 3. The molecule has 4 rings (SSSR count). The highest BCUT2D eigenvalue weighted by Gasteiger charge is 2.17. The van der Waals surface area contributed by atoms with E-state index in [2.05, 4.69) is 28.4 Å². The molecule has 0 aliphatic carbocycles. The van der Waals surface area contributed by atoms with Gasteiger partial charge in [0.05, 0.1) is 25.6 Å². The largest absolute Gasteiger partial charge is 0.497 e. The van der Waals surface area contributed by atoms with E-state index in [4.69, 9.17) is 19.4 Å².